The second-order valence-corrected chi connectivity index (χ2v) is 11.0. The lowest BCUT2D eigenvalue weighted by atomic mass is 9.96. The van der Waals surface area contributed by atoms with Crippen molar-refractivity contribution in [2.45, 2.75) is 34.4 Å². The van der Waals surface area contributed by atoms with Crippen molar-refractivity contribution in [2.75, 3.05) is 6.26 Å². The molecule has 4 aromatic rings. The molecule has 7 nitrogen and oxygen atoms in total. The van der Waals surface area contributed by atoms with Gasteiger partial charge < -0.3 is 5.11 Å². The van der Waals surface area contributed by atoms with Gasteiger partial charge in [0, 0.05) is 27.8 Å². The number of carboxylic acids is 1. The number of thioether (sulfide) groups is 2. The highest BCUT2D eigenvalue weighted by molar-refractivity contribution is 8.00. The van der Waals surface area contributed by atoms with E-state index < -0.39 is 23.3 Å². The highest BCUT2D eigenvalue weighted by atomic mass is 32.2. The first-order valence-electron chi connectivity index (χ1n) is 11.7. The first kappa shape index (κ1) is 24.4. The number of fused-ring (bicyclic) bond motifs is 1. The number of pyridine rings is 1. The maximum Gasteiger partial charge on any atom is 0.353 e. The van der Waals surface area contributed by atoms with E-state index in [4.69, 9.17) is 0 Å². The standard InChI is InChI=1S/C27H25N3O4S2/c1-35-20-10-5-17(6-11-20)18-7-12-21(13-8-18)36-22-14-9-19(24(22)25(31)32)16-30-26(33)28-23-4-2-3-15-29(23)27(30)34/h2-8,10-13,15,19,22,24H,9,14,16H2,1H3,(H,31,32)/t19-,22-,24-/m0/s1. The third kappa shape index (κ3) is 4.85. The highest BCUT2D eigenvalue weighted by Crippen LogP contribution is 2.43. The number of hydrogen-bond donors (Lipinski definition) is 1. The molecule has 2 aromatic carbocycles. The summed E-state index contributed by atoms with van der Waals surface area (Å²) in [7, 11) is 0. The van der Waals surface area contributed by atoms with Crippen molar-refractivity contribution in [3.8, 4) is 11.1 Å². The zero-order chi connectivity index (χ0) is 25.2. The number of carboxylic acid groups (broad SMARTS) is 1. The van der Waals surface area contributed by atoms with E-state index in [0.717, 1.165) is 20.6 Å². The van der Waals surface area contributed by atoms with Crippen LogP contribution in [0.1, 0.15) is 12.8 Å². The normalized spacial score (nSPS) is 19.5. The third-order valence-electron chi connectivity index (χ3n) is 6.71. The monoisotopic (exact) mass is 519 g/mol. The van der Waals surface area contributed by atoms with Crippen LogP contribution in [-0.2, 0) is 11.3 Å². The number of carbonyl (C=O) groups is 1. The van der Waals surface area contributed by atoms with E-state index in [9.17, 15) is 19.5 Å². The summed E-state index contributed by atoms with van der Waals surface area (Å²) in [6, 6.07) is 21.6. The molecule has 1 aliphatic carbocycles. The molecule has 0 unspecified atom stereocenters. The summed E-state index contributed by atoms with van der Waals surface area (Å²) in [6.07, 6.45) is 4.93. The van der Waals surface area contributed by atoms with Gasteiger partial charge in [-0.1, -0.05) is 30.3 Å². The van der Waals surface area contributed by atoms with Crippen LogP contribution in [0.25, 0.3) is 16.8 Å². The minimum absolute atomic E-state index is 0.0432. The first-order valence-corrected chi connectivity index (χ1v) is 13.8. The molecule has 0 amide bonds. The second kappa shape index (κ2) is 10.4. The van der Waals surface area contributed by atoms with Gasteiger partial charge in [0.1, 0.15) is 5.65 Å². The number of aliphatic carboxylic acids is 1. The Morgan fingerprint density at radius 3 is 2.28 bits per heavy atom. The van der Waals surface area contributed by atoms with Crippen molar-refractivity contribution >= 4 is 35.1 Å². The minimum Gasteiger partial charge on any atom is -0.481 e. The molecule has 5 rings (SSSR count). The van der Waals surface area contributed by atoms with Crippen molar-refractivity contribution in [2.24, 2.45) is 11.8 Å². The third-order valence-corrected chi connectivity index (χ3v) is 8.83. The van der Waals surface area contributed by atoms with Gasteiger partial charge in [-0.3, -0.25) is 9.20 Å². The molecular weight excluding hydrogens is 494 g/mol. The number of rotatable bonds is 7. The van der Waals surface area contributed by atoms with E-state index in [1.54, 1.807) is 47.9 Å². The molecule has 0 saturated heterocycles. The Morgan fingerprint density at radius 1 is 0.972 bits per heavy atom. The fraction of sp³-hybridized carbons (Fsp3) is 0.259. The molecule has 2 aromatic heterocycles. The van der Waals surface area contributed by atoms with Gasteiger partial charge >= 0.3 is 17.3 Å². The highest BCUT2D eigenvalue weighted by Gasteiger charge is 2.42. The van der Waals surface area contributed by atoms with E-state index >= 15 is 0 Å². The Labute approximate surface area is 216 Å². The van der Waals surface area contributed by atoms with Crippen LogP contribution < -0.4 is 11.4 Å². The van der Waals surface area contributed by atoms with E-state index in [-0.39, 0.29) is 23.4 Å². The quantitative estimate of drug-likeness (QED) is 0.359. The molecule has 1 N–H and O–H groups in total. The van der Waals surface area contributed by atoms with Crippen molar-refractivity contribution in [1.29, 1.82) is 0 Å². The van der Waals surface area contributed by atoms with Gasteiger partial charge in [-0.05, 0) is 72.5 Å². The number of benzene rings is 2. The first-order chi connectivity index (χ1) is 17.4. The molecule has 0 bridgehead atoms. The van der Waals surface area contributed by atoms with Gasteiger partial charge in [0.2, 0.25) is 0 Å². The average Bonchev–Trinajstić information content (AvgIpc) is 3.29. The van der Waals surface area contributed by atoms with Crippen LogP contribution in [0.2, 0.25) is 0 Å². The summed E-state index contributed by atoms with van der Waals surface area (Å²) < 4.78 is 2.38. The van der Waals surface area contributed by atoms with E-state index in [1.807, 2.05) is 12.1 Å². The van der Waals surface area contributed by atoms with Crippen molar-refractivity contribution in [1.82, 2.24) is 14.0 Å². The molecule has 3 atom stereocenters. The van der Waals surface area contributed by atoms with Gasteiger partial charge in [0.25, 0.3) is 0 Å². The number of nitrogens with zero attached hydrogens (tertiary/aromatic N) is 3. The largest absolute Gasteiger partial charge is 0.481 e. The summed E-state index contributed by atoms with van der Waals surface area (Å²) in [4.78, 5) is 43.9. The Bertz CT molecular complexity index is 1510. The van der Waals surface area contributed by atoms with E-state index in [2.05, 4.69) is 47.6 Å². The lowest BCUT2D eigenvalue weighted by Crippen LogP contribution is -2.42. The van der Waals surface area contributed by atoms with E-state index in [1.165, 1.54) is 9.30 Å². The zero-order valence-electron chi connectivity index (χ0n) is 19.6. The molecule has 0 aliphatic heterocycles. The second-order valence-electron chi connectivity index (χ2n) is 8.83. The molecule has 1 aliphatic rings. The number of aromatic nitrogens is 3. The Kier molecular flexibility index (Phi) is 7.02. The lowest BCUT2D eigenvalue weighted by molar-refractivity contribution is -0.142. The molecule has 0 spiro atoms. The Morgan fingerprint density at radius 2 is 1.64 bits per heavy atom. The van der Waals surface area contributed by atoms with Gasteiger partial charge in [-0.25, -0.2) is 14.2 Å². The van der Waals surface area contributed by atoms with Gasteiger partial charge in [0.05, 0.1) is 5.92 Å². The molecule has 184 valence electrons. The summed E-state index contributed by atoms with van der Waals surface area (Å²) in [5.41, 5.74) is 1.38. The predicted octanol–water partition coefficient (Wildman–Crippen LogP) is 4.52. The van der Waals surface area contributed by atoms with Crippen LogP contribution in [0.15, 0.2) is 92.3 Å². The minimum atomic E-state index is -0.901. The van der Waals surface area contributed by atoms with Crippen LogP contribution in [0.5, 0.6) is 0 Å². The zero-order valence-corrected chi connectivity index (χ0v) is 21.2. The van der Waals surface area contributed by atoms with E-state index in [0.29, 0.717) is 12.8 Å². The molecule has 36 heavy (non-hydrogen) atoms. The Hall–Kier alpha value is -3.30. The van der Waals surface area contributed by atoms with Gasteiger partial charge in [0.15, 0.2) is 0 Å². The molecule has 1 saturated carbocycles. The fourth-order valence-corrected chi connectivity index (χ4v) is 6.66. The Balaban J connectivity index is 1.33. The van der Waals surface area contributed by atoms with Crippen LogP contribution in [0.4, 0.5) is 0 Å². The summed E-state index contributed by atoms with van der Waals surface area (Å²) in [5.74, 6) is -1.90. The molecule has 9 heteroatoms. The molecular formula is C27H25N3O4S2. The summed E-state index contributed by atoms with van der Waals surface area (Å²) in [5, 5.41) is 9.91. The average molecular weight is 520 g/mol. The van der Waals surface area contributed by atoms with Crippen LogP contribution in [0, 0.1) is 11.8 Å². The molecule has 1 fully saturated rings. The van der Waals surface area contributed by atoms with Crippen molar-refractivity contribution < 1.29 is 9.90 Å². The fourth-order valence-electron chi connectivity index (χ4n) is 4.87. The predicted molar refractivity (Wildman–Crippen MR) is 143 cm³/mol. The lowest BCUT2D eigenvalue weighted by Gasteiger charge is -2.21. The maximum absolute atomic E-state index is 12.9. The SMILES string of the molecule is CSc1ccc(-c2ccc(S[C@H]3CC[C@@H](Cn4c(=O)nc5ccccn5c4=O)[C@@H]3C(=O)O)cc2)cc1. The maximum atomic E-state index is 12.9. The van der Waals surface area contributed by atoms with Crippen LogP contribution >= 0.6 is 23.5 Å². The van der Waals surface area contributed by atoms with Crippen molar-refractivity contribution in [3.63, 3.8) is 0 Å². The molecule has 0 radical (unpaired) electrons. The van der Waals surface area contributed by atoms with Gasteiger partial charge in [-0.15, -0.1) is 23.5 Å². The van der Waals surface area contributed by atoms with Gasteiger partial charge in [-0.2, -0.15) is 4.98 Å². The number of hydrogen-bond acceptors (Lipinski definition) is 6. The van der Waals surface area contributed by atoms with Crippen molar-refractivity contribution in [3.05, 3.63) is 93.9 Å². The van der Waals surface area contributed by atoms with Crippen LogP contribution in [-0.4, -0.2) is 36.5 Å². The smallest absolute Gasteiger partial charge is 0.353 e. The summed E-state index contributed by atoms with van der Waals surface area (Å²) in [6.45, 7) is 0.0432. The molecule has 2 heterocycles. The van der Waals surface area contributed by atoms with Crippen LogP contribution in [0.3, 0.4) is 0 Å². The summed E-state index contributed by atoms with van der Waals surface area (Å²) >= 11 is 3.26. The topological polar surface area (TPSA) is 93.7 Å².